The van der Waals surface area contributed by atoms with Crippen LogP contribution in [0.1, 0.15) is 73.7 Å². The second-order valence-corrected chi connectivity index (χ2v) is 16.7. The average molecular weight is 690 g/mol. The number of hydrogen-bond donors (Lipinski definition) is 0. The van der Waals surface area contributed by atoms with Crippen LogP contribution in [0.5, 0.6) is 0 Å². The van der Waals surface area contributed by atoms with Crippen molar-refractivity contribution in [2.75, 3.05) is 19.9 Å². The Hall–Kier alpha value is -3.93. The molecule has 7 rings (SSSR count). The monoisotopic (exact) mass is 689 g/mol. The second-order valence-electron chi connectivity index (χ2n) is 14.1. The standard InChI is InChI=1S/C38H44NO9P/c1-3-10-31(35(41)46-24-33(40)30-13-8-5-9-14-30)25-49(44,48-38-20-27-17-28(21-38)19-29(18-27)22-38)34-16-15-32(36(42)45-2)39(34)37(43)47-23-26-11-6-4-7-12-26/h1,4-9,11-14,27-29,31-32,34H,10,15-25H2,2H3/t27?,28?,29?,31?,32-,34?,38?,49?/m0/s1. The van der Waals surface area contributed by atoms with Gasteiger partial charge in [0.15, 0.2) is 12.4 Å². The van der Waals surface area contributed by atoms with Crippen LogP contribution in [-0.2, 0) is 39.5 Å². The summed E-state index contributed by atoms with van der Waals surface area (Å²) in [5.41, 5.74) is 0.473. The minimum atomic E-state index is -4.02. The Morgan fingerprint density at radius 1 is 0.918 bits per heavy atom. The molecule has 0 spiro atoms. The highest BCUT2D eigenvalue weighted by atomic mass is 31.2. The summed E-state index contributed by atoms with van der Waals surface area (Å²) >= 11 is 0. The highest BCUT2D eigenvalue weighted by Crippen LogP contribution is 2.67. The van der Waals surface area contributed by atoms with Crippen LogP contribution in [0.4, 0.5) is 4.79 Å². The molecule has 4 atom stereocenters. The Kier molecular flexibility index (Phi) is 10.6. The number of ether oxygens (including phenoxy) is 3. The summed E-state index contributed by atoms with van der Waals surface area (Å²) in [6, 6.07) is 16.5. The normalized spacial score (nSPS) is 28.6. The minimum Gasteiger partial charge on any atom is -0.467 e. The number of ketones is 1. The molecule has 1 aliphatic heterocycles. The van der Waals surface area contributed by atoms with Crippen LogP contribution in [-0.4, -0.2) is 66.0 Å². The van der Waals surface area contributed by atoms with Crippen molar-refractivity contribution in [3.05, 3.63) is 71.8 Å². The molecule has 49 heavy (non-hydrogen) atoms. The number of Topliss-reactive ketones (excluding diaryl/α,β-unsaturated/α-hetero) is 1. The van der Waals surface area contributed by atoms with Gasteiger partial charge in [-0.25, -0.2) is 9.59 Å². The molecule has 5 aliphatic rings. The van der Waals surface area contributed by atoms with Crippen LogP contribution < -0.4 is 0 Å². The van der Waals surface area contributed by atoms with Crippen molar-refractivity contribution in [3.63, 3.8) is 0 Å². The number of terminal acetylenes is 1. The van der Waals surface area contributed by atoms with Gasteiger partial charge in [-0.05, 0) is 74.7 Å². The molecule has 0 aromatic heterocycles. The number of rotatable bonds is 13. The zero-order chi connectivity index (χ0) is 34.6. The minimum absolute atomic E-state index is 0.0571. The van der Waals surface area contributed by atoms with Crippen molar-refractivity contribution < 1.29 is 42.5 Å². The molecular formula is C38H44NO9P. The van der Waals surface area contributed by atoms with Gasteiger partial charge in [-0.1, -0.05) is 60.7 Å². The predicted octanol–water partition coefficient (Wildman–Crippen LogP) is 6.62. The molecule has 1 amide bonds. The van der Waals surface area contributed by atoms with Crippen molar-refractivity contribution in [2.45, 2.75) is 81.8 Å². The number of hydrogen-bond acceptors (Lipinski definition) is 9. The molecule has 260 valence electrons. The quantitative estimate of drug-likeness (QED) is 0.0751. The van der Waals surface area contributed by atoms with Crippen LogP contribution in [0.25, 0.3) is 0 Å². The molecule has 11 heteroatoms. The first-order chi connectivity index (χ1) is 23.6. The molecule has 4 saturated carbocycles. The van der Waals surface area contributed by atoms with E-state index in [2.05, 4.69) is 5.92 Å². The van der Waals surface area contributed by atoms with Crippen molar-refractivity contribution in [1.82, 2.24) is 4.90 Å². The topological polar surface area (TPSA) is 126 Å². The van der Waals surface area contributed by atoms with E-state index < -0.39 is 55.4 Å². The smallest absolute Gasteiger partial charge is 0.411 e. The molecule has 0 radical (unpaired) electrons. The van der Waals surface area contributed by atoms with Crippen molar-refractivity contribution in [3.8, 4) is 12.3 Å². The van der Waals surface area contributed by atoms with Gasteiger partial charge in [0, 0.05) is 18.1 Å². The average Bonchev–Trinajstić information content (AvgIpc) is 3.55. The Morgan fingerprint density at radius 3 is 2.12 bits per heavy atom. The van der Waals surface area contributed by atoms with Crippen LogP contribution in [0.2, 0.25) is 0 Å². The third-order valence-electron chi connectivity index (χ3n) is 10.6. The van der Waals surface area contributed by atoms with E-state index in [1.165, 1.54) is 12.0 Å². The number of nitrogens with zero attached hydrogens (tertiary/aromatic N) is 1. The number of carbonyl (C=O) groups is 4. The number of methoxy groups -OCH3 is 1. The Bertz CT molecular complexity index is 1590. The number of amides is 1. The van der Waals surface area contributed by atoms with Crippen molar-refractivity contribution in [1.29, 1.82) is 0 Å². The van der Waals surface area contributed by atoms with Crippen LogP contribution in [0, 0.1) is 36.0 Å². The summed E-state index contributed by atoms with van der Waals surface area (Å²) in [4.78, 5) is 54.5. The lowest BCUT2D eigenvalue weighted by Crippen LogP contribution is -2.53. The van der Waals surface area contributed by atoms with E-state index in [0.717, 1.165) is 44.1 Å². The molecule has 4 aliphatic carbocycles. The zero-order valence-corrected chi connectivity index (χ0v) is 28.8. The van der Waals surface area contributed by atoms with Gasteiger partial charge in [0.2, 0.25) is 7.37 Å². The largest absolute Gasteiger partial charge is 0.467 e. The van der Waals surface area contributed by atoms with Gasteiger partial charge in [-0.15, -0.1) is 12.3 Å². The molecular weight excluding hydrogens is 645 g/mol. The molecule has 3 unspecified atom stereocenters. The van der Waals surface area contributed by atoms with E-state index in [4.69, 9.17) is 25.2 Å². The van der Waals surface area contributed by atoms with Gasteiger partial charge in [-0.2, -0.15) is 0 Å². The number of carbonyl (C=O) groups excluding carboxylic acids is 4. The Labute approximate surface area is 287 Å². The van der Waals surface area contributed by atoms with Crippen molar-refractivity contribution >= 4 is 31.2 Å². The summed E-state index contributed by atoms with van der Waals surface area (Å²) in [7, 11) is -2.78. The zero-order valence-electron chi connectivity index (χ0n) is 27.9. The number of benzene rings is 2. The SMILES string of the molecule is C#CCC(CP(=O)(OC12CC3CC(CC(C3)C1)C2)C1CC[C@@H](C(=O)OC)N1C(=O)OCc1ccccc1)C(=O)OCC(=O)c1ccccc1. The predicted molar refractivity (Wildman–Crippen MR) is 180 cm³/mol. The summed E-state index contributed by atoms with van der Waals surface area (Å²) < 4.78 is 38.9. The van der Waals surface area contributed by atoms with Crippen molar-refractivity contribution in [2.24, 2.45) is 23.7 Å². The lowest BCUT2D eigenvalue weighted by Gasteiger charge is -2.57. The number of likely N-dealkylation sites (tertiary alicyclic amines) is 1. The van der Waals surface area contributed by atoms with Gasteiger partial charge < -0.3 is 18.7 Å². The Balaban J connectivity index is 1.30. The lowest BCUT2D eigenvalue weighted by molar-refractivity contribution is -0.147. The third kappa shape index (κ3) is 7.79. The molecule has 1 heterocycles. The fraction of sp³-hybridized carbons (Fsp3) is 0.526. The van der Waals surface area contributed by atoms with Crippen LogP contribution in [0.15, 0.2) is 60.7 Å². The van der Waals surface area contributed by atoms with E-state index in [1.54, 1.807) is 30.3 Å². The molecule has 4 bridgehead atoms. The maximum atomic E-state index is 15.7. The summed E-state index contributed by atoms with van der Waals surface area (Å²) in [5.74, 6) is -0.0366. The highest BCUT2D eigenvalue weighted by molar-refractivity contribution is 7.59. The maximum absolute atomic E-state index is 15.7. The fourth-order valence-corrected chi connectivity index (χ4v) is 12.3. The summed E-state index contributed by atoms with van der Waals surface area (Å²) in [5, 5.41) is 0. The molecule has 2 aromatic rings. The third-order valence-corrected chi connectivity index (χ3v) is 13.7. The van der Waals surface area contributed by atoms with Gasteiger partial charge in [0.05, 0.1) is 18.6 Å². The molecule has 5 fully saturated rings. The van der Waals surface area contributed by atoms with Crippen LogP contribution in [0.3, 0.4) is 0 Å². The number of esters is 2. The van der Waals surface area contributed by atoms with Gasteiger partial charge in [-0.3, -0.25) is 19.1 Å². The second kappa shape index (κ2) is 14.9. The molecule has 10 nitrogen and oxygen atoms in total. The Morgan fingerprint density at radius 2 is 1.53 bits per heavy atom. The van der Waals surface area contributed by atoms with Gasteiger partial charge in [0.25, 0.3) is 0 Å². The van der Waals surface area contributed by atoms with E-state index in [9.17, 15) is 19.2 Å². The van der Waals surface area contributed by atoms with Gasteiger partial charge >= 0.3 is 18.0 Å². The van der Waals surface area contributed by atoms with E-state index >= 15 is 4.57 Å². The summed E-state index contributed by atoms with van der Waals surface area (Å²) in [6.45, 7) is -0.561. The first-order valence-electron chi connectivity index (χ1n) is 17.2. The first-order valence-corrected chi connectivity index (χ1v) is 19.0. The molecule has 2 aromatic carbocycles. The molecule has 0 N–H and O–H groups in total. The highest BCUT2D eigenvalue weighted by Gasteiger charge is 2.59. The molecule has 1 saturated heterocycles. The van der Waals surface area contributed by atoms with Crippen LogP contribution >= 0.6 is 7.37 Å². The first kappa shape index (κ1) is 34.9. The fourth-order valence-electron chi connectivity index (χ4n) is 8.91. The summed E-state index contributed by atoms with van der Waals surface area (Å²) in [6.07, 6.45) is 10.5. The van der Waals surface area contributed by atoms with Gasteiger partial charge in [0.1, 0.15) is 18.4 Å². The van der Waals surface area contributed by atoms with E-state index in [0.29, 0.717) is 23.3 Å². The van der Waals surface area contributed by atoms with E-state index in [-0.39, 0.29) is 37.8 Å². The van der Waals surface area contributed by atoms with E-state index in [1.807, 2.05) is 30.3 Å². The lowest BCUT2D eigenvalue weighted by atomic mass is 9.54. The maximum Gasteiger partial charge on any atom is 0.411 e.